The maximum Gasteiger partial charge on any atom is 3.00 e. The predicted molar refractivity (Wildman–Crippen MR) is 114 cm³/mol. The average molecular weight is 615 g/mol. The van der Waals surface area contributed by atoms with E-state index >= 15 is 0 Å². The number of nitrogens with zero attached hydrogens (tertiary/aromatic N) is 1. The van der Waals surface area contributed by atoms with E-state index in [4.69, 9.17) is 5.32 Å². The van der Waals surface area contributed by atoms with Crippen molar-refractivity contribution in [1.82, 2.24) is 0 Å². The van der Waals surface area contributed by atoms with Gasteiger partial charge in [-0.1, -0.05) is 96.3 Å². The zero-order valence-electron chi connectivity index (χ0n) is 17.7. The minimum atomic E-state index is -1.33. The molecule has 0 atom stereocenters. The van der Waals surface area contributed by atoms with E-state index in [1.54, 1.807) is 0 Å². The van der Waals surface area contributed by atoms with Gasteiger partial charge in [-0.05, 0) is 11.8 Å². The largest absolute Gasteiger partial charge is 3.00 e. The van der Waals surface area contributed by atoms with Crippen LogP contribution in [-0.4, -0.2) is 38.8 Å². The van der Waals surface area contributed by atoms with Gasteiger partial charge in [-0.25, -0.2) is 0 Å². The molecule has 0 aliphatic carbocycles. The Labute approximate surface area is 204 Å². The van der Waals surface area contributed by atoms with Crippen LogP contribution < -0.4 is 48.0 Å². The molecule has 25 heavy (non-hydrogen) atoms. The molecule has 1 rings (SSSR count). The molecule has 0 amide bonds. The normalized spacial score (nSPS) is 11.7. The van der Waals surface area contributed by atoms with Crippen LogP contribution in [0.1, 0.15) is 50.7 Å². The van der Waals surface area contributed by atoms with Gasteiger partial charge in [0.2, 0.25) is 0 Å². The molecule has 0 fully saturated rings. The molecule has 0 aliphatic rings. The first kappa shape index (κ1) is 31.2. The molecule has 0 N–H and O–H groups in total. The molecule has 0 aliphatic heterocycles. The zero-order chi connectivity index (χ0) is 17.3. The molecular weight excluding hydrogens is 579 g/mol. The quantitative estimate of drug-likeness (QED) is 0.331. The first-order valence-corrected chi connectivity index (χ1v) is 15.8. The summed E-state index contributed by atoms with van der Waals surface area (Å²) >= 11 is 0. The molecule has 0 spiro atoms. The molecule has 0 bridgehead atoms. The van der Waals surface area contributed by atoms with E-state index in [0.29, 0.717) is 17.1 Å². The SMILES string of the molecule is CC(C)c1cccc(C(C)C)c1[N-]C([Si](C)(C)C)[Si](C)(C)C.[Al+3].[I-].[I-]. The van der Waals surface area contributed by atoms with Crippen molar-refractivity contribution in [3.8, 4) is 0 Å². The van der Waals surface area contributed by atoms with Crippen LogP contribution in [0.3, 0.4) is 0 Å². The van der Waals surface area contributed by atoms with Gasteiger partial charge in [0.05, 0.1) is 0 Å². The molecule has 0 saturated heterocycles. The molecule has 1 aromatic carbocycles. The van der Waals surface area contributed by atoms with Gasteiger partial charge in [0.1, 0.15) is 0 Å². The van der Waals surface area contributed by atoms with Crippen LogP contribution in [0.4, 0.5) is 5.69 Å². The number of rotatable bonds is 6. The van der Waals surface area contributed by atoms with E-state index in [9.17, 15) is 0 Å². The Morgan fingerprint density at radius 3 is 1.28 bits per heavy atom. The van der Waals surface area contributed by atoms with Crippen LogP contribution in [0.2, 0.25) is 39.3 Å². The predicted octanol–water partition coefficient (Wildman–Crippen LogP) is 0.689. The summed E-state index contributed by atoms with van der Waals surface area (Å²) in [4.78, 5) is 0. The van der Waals surface area contributed by atoms with Crippen molar-refractivity contribution in [2.45, 2.75) is 84.1 Å². The Bertz CT molecular complexity index is 469. The van der Waals surface area contributed by atoms with Crippen LogP contribution in [0.5, 0.6) is 0 Å². The first-order valence-electron chi connectivity index (χ1n) is 8.69. The van der Waals surface area contributed by atoms with Crippen LogP contribution in [-0.2, 0) is 0 Å². The number of benzene rings is 1. The monoisotopic (exact) mass is 615 g/mol. The third-order valence-corrected chi connectivity index (χ3v) is 13.0. The molecule has 1 nitrogen and oxygen atoms in total. The summed E-state index contributed by atoms with van der Waals surface area (Å²) in [5.74, 6) is 1.06. The van der Waals surface area contributed by atoms with E-state index < -0.39 is 16.1 Å². The van der Waals surface area contributed by atoms with E-state index in [1.165, 1.54) is 16.8 Å². The van der Waals surface area contributed by atoms with E-state index in [0.717, 1.165) is 0 Å². The number of hydrogen-bond acceptors (Lipinski definition) is 0. The second-order valence-corrected chi connectivity index (χ2v) is 20.5. The number of para-hydroxylation sites is 1. The van der Waals surface area contributed by atoms with E-state index in [-0.39, 0.29) is 65.3 Å². The van der Waals surface area contributed by atoms with E-state index in [2.05, 4.69) is 85.2 Å². The second-order valence-electron chi connectivity index (χ2n) is 9.36. The van der Waals surface area contributed by atoms with Crippen LogP contribution in [0.25, 0.3) is 5.32 Å². The molecule has 0 aromatic heterocycles. The molecule has 0 unspecified atom stereocenters. The Balaban J connectivity index is -0.00000161. The summed E-state index contributed by atoms with van der Waals surface area (Å²) in [6.45, 7) is 24.0. The summed E-state index contributed by atoms with van der Waals surface area (Å²) in [5.41, 5.74) is 4.16. The molecule has 6 heteroatoms. The van der Waals surface area contributed by atoms with Gasteiger partial charge in [0.15, 0.2) is 0 Å². The Morgan fingerprint density at radius 2 is 1.04 bits per heavy atom. The van der Waals surface area contributed by atoms with Gasteiger partial charge < -0.3 is 53.3 Å². The van der Waals surface area contributed by atoms with Gasteiger partial charge in [0, 0.05) is 16.1 Å². The minimum Gasteiger partial charge on any atom is -1.00 e. The number of halogens is 2. The Morgan fingerprint density at radius 1 is 0.720 bits per heavy atom. The van der Waals surface area contributed by atoms with Crippen molar-refractivity contribution in [1.29, 1.82) is 0 Å². The molecular formula is C19H36AlI2NSi2. The summed E-state index contributed by atoms with van der Waals surface area (Å²) in [5, 5.41) is 6.03. The Kier molecular flexibility index (Phi) is 15.1. The maximum absolute atomic E-state index is 5.47. The first-order chi connectivity index (χ1) is 9.85. The van der Waals surface area contributed by atoms with Crippen LogP contribution in [0, 0.1) is 0 Å². The van der Waals surface area contributed by atoms with Gasteiger partial charge in [0.25, 0.3) is 0 Å². The fourth-order valence-corrected chi connectivity index (χ4v) is 14.9. The van der Waals surface area contributed by atoms with Gasteiger partial charge in [-0.2, -0.15) is 0 Å². The topological polar surface area (TPSA) is 14.1 Å². The van der Waals surface area contributed by atoms with Crippen molar-refractivity contribution < 1.29 is 48.0 Å². The van der Waals surface area contributed by atoms with Crippen molar-refractivity contribution >= 4 is 39.2 Å². The smallest absolute Gasteiger partial charge is 1.00 e. The molecule has 0 radical (unpaired) electrons. The van der Waals surface area contributed by atoms with Crippen molar-refractivity contribution in [3.05, 3.63) is 34.6 Å². The summed E-state index contributed by atoms with van der Waals surface area (Å²) < 4.78 is 0. The molecule has 1 aromatic rings. The zero-order valence-corrected chi connectivity index (χ0v) is 25.2. The fraction of sp³-hybridized carbons (Fsp3) is 0.684. The summed E-state index contributed by atoms with van der Waals surface area (Å²) in [6, 6.07) is 6.77. The fourth-order valence-electron chi connectivity index (χ4n) is 3.48. The van der Waals surface area contributed by atoms with E-state index in [1.807, 2.05) is 0 Å². The third kappa shape index (κ3) is 8.99. The minimum absolute atomic E-state index is 0. The third-order valence-electron chi connectivity index (χ3n) is 4.24. The molecule has 0 saturated carbocycles. The summed E-state index contributed by atoms with van der Waals surface area (Å²) in [7, 11) is -2.65. The van der Waals surface area contributed by atoms with Crippen molar-refractivity contribution in [3.63, 3.8) is 0 Å². The van der Waals surface area contributed by atoms with Crippen LogP contribution in [0.15, 0.2) is 18.2 Å². The number of hydrogen-bond donors (Lipinski definition) is 0. The van der Waals surface area contributed by atoms with Crippen molar-refractivity contribution in [2.24, 2.45) is 0 Å². The Hall–Kier alpha value is 1.45. The molecule has 142 valence electrons. The van der Waals surface area contributed by atoms with Gasteiger partial charge in [-0.3, -0.25) is 0 Å². The van der Waals surface area contributed by atoms with Gasteiger partial charge in [-0.15, -0.1) is 11.0 Å². The average Bonchev–Trinajstić information content (AvgIpc) is 2.32. The molecule has 0 heterocycles. The standard InChI is InChI=1S/C19H36NSi2.Al.2HI/c1-14(2)16-12-11-13-17(15(3)4)18(16)20-19(21(5,6)7)22(8,9)10;;;/h11-15,19H,1-10H3;;2*1H/q-1;+3;;/p-2. The van der Waals surface area contributed by atoms with Gasteiger partial charge >= 0.3 is 17.4 Å². The summed E-state index contributed by atoms with van der Waals surface area (Å²) in [6.07, 6.45) is 0. The van der Waals surface area contributed by atoms with Crippen molar-refractivity contribution in [2.75, 3.05) is 0 Å². The van der Waals surface area contributed by atoms with Crippen LogP contribution >= 0.6 is 0 Å². The maximum atomic E-state index is 5.47. The second kappa shape index (κ2) is 12.1.